The maximum Gasteiger partial charge on any atom is 0.304 e. The van der Waals surface area contributed by atoms with Gasteiger partial charge in [-0.1, -0.05) is 0 Å². The van der Waals surface area contributed by atoms with Gasteiger partial charge in [0.1, 0.15) is 0 Å². The third kappa shape index (κ3) is 2.94. The Morgan fingerprint density at radius 2 is 2.35 bits per heavy atom. The van der Waals surface area contributed by atoms with E-state index in [1.165, 1.54) is 17.4 Å². The highest BCUT2D eigenvalue weighted by atomic mass is 32.1. The van der Waals surface area contributed by atoms with Gasteiger partial charge in [0.15, 0.2) is 5.00 Å². The van der Waals surface area contributed by atoms with E-state index < -0.39 is 6.10 Å². The summed E-state index contributed by atoms with van der Waals surface area (Å²) < 4.78 is 5.53. The Labute approximate surface area is 122 Å². The molecule has 1 N–H and O–H groups in total. The van der Waals surface area contributed by atoms with Gasteiger partial charge in [0.2, 0.25) is 0 Å². The Hall–Kier alpha value is -1.18. The highest BCUT2D eigenvalue weighted by molar-refractivity contribution is 7.16. The molecule has 0 aliphatic carbocycles. The molecule has 0 amide bonds. The van der Waals surface area contributed by atoms with Gasteiger partial charge in [-0.2, -0.15) is 0 Å². The Morgan fingerprint density at radius 3 is 2.90 bits per heavy atom. The van der Waals surface area contributed by atoms with Crippen molar-refractivity contribution in [1.29, 1.82) is 0 Å². The molecule has 0 bridgehead atoms. The maximum atomic E-state index is 11.2. The molecule has 1 fully saturated rings. The summed E-state index contributed by atoms with van der Waals surface area (Å²) in [5.74, 6) is 0. The lowest BCUT2D eigenvalue weighted by Crippen LogP contribution is -2.47. The average molecular weight is 300 g/mol. The van der Waals surface area contributed by atoms with Crippen LogP contribution in [0.5, 0.6) is 0 Å². The quantitative estimate of drug-likeness (QED) is 0.683. The van der Waals surface area contributed by atoms with E-state index in [9.17, 15) is 15.2 Å². The minimum absolute atomic E-state index is 0.0752. The van der Waals surface area contributed by atoms with Gasteiger partial charge in [-0.25, -0.2) is 0 Å². The van der Waals surface area contributed by atoms with Gasteiger partial charge in [-0.05, 0) is 26.7 Å². The lowest BCUT2D eigenvalue weighted by atomic mass is 9.95. The molecule has 7 heteroatoms. The Morgan fingerprint density at radius 1 is 1.65 bits per heavy atom. The van der Waals surface area contributed by atoms with E-state index in [2.05, 4.69) is 0 Å². The molecule has 0 spiro atoms. The molecule has 2 rings (SSSR count). The maximum absolute atomic E-state index is 11.2. The van der Waals surface area contributed by atoms with Crippen molar-refractivity contribution >= 4 is 22.0 Å². The van der Waals surface area contributed by atoms with E-state index in [-0.39, 0.29) is 16.2 Å². The standard InChI is InChI=1S/C13H20N2O4S/c1-9(16)11-7-10(15(17)18)12(20-11)14-6-4-5-13(2,8-14)19-3/h7,9,16H,4-6,8H2,1-3H3. The molecule has 1 saturated heterocycles. The molecule has 2 atom stereocenters. The van der Waals surface area contributed by atoms with Crippen molar-refractivity contribution in [2.45, 2.75) is 38.4 Å². The van der Waals surface area contributed by atoms with Crippen LogP contribution in [-0.2, 0) is 4.74 Å². The molecule has 1 aromatic rings. The lowest BCUT2D eigenvalue weighted by Gasteiger charge is -2.39. The predicted octanol–water partition coefficient (Wildman–Crippen LogP) is 2.71. The van der Waals surface area contributed by atoms with Gasteiger partial charge in [-0.3, -0.25) is 10.1 Å². The van der Waals surface area contributed by atoms with Crippen molar-refractivity contribution in [3.8, 4) is 0 Å². The minimum Gasteiger partial charge on any atom is -0.388 e. The molecular weight excluding hydrogens is 280 g/mol. The van der Waals surface area contributed by atoms with E-state index >= 15 is 0 Å². The highest BCUT2D eigenvalue weighted by Gasteiger charge is 2.35. The second-order valence-electron chi connectivity index (χ2n) is 5.45. The van der Waals surface area contributed by atoms with Crippen LogP contribution in [0.15, 0.2) is 6.07 Å². The van der Waals surface area contributed by atoms with Gasteiger partial charge in [-0.15, -0.1) is 11.3 Å². The molecule has 20 heavy (non-hydrogen) atoms. The summed E-state index contributed by atoms with van der Waals surface area (Å²) in [4.78, 5) is 13.4. The first kappa shape index (κ1) is 15.2. The summed E-state index contributed by atoms with van der Waals surface area (Å²) >= 11 is 1.29. The molecule has 1 aliphatic rings. The molecule has 0 aromatic carbocycles. The monoisotopic (exact) mass is 300 g/mol. The summed E-state index contributed by atoms with van der Waals surface area (Å²) in [6.07, 6.45) is 1.19. The van der Waals surface area contributed by atoms with Crippen molar-refractivity contribution in [3.05, 3.63) is 21.1 Å². The van der Waals surface area contributed by atoms with Crippen LogP contribution in [0.1, 0.15) is 37.7 Å². The van der Waals surface area contributed by atoms with E-state index in [0.717, 1.165) is 19.4 Å². The first-order chi connectivity index (χ1) is 9.36. The van der Waals surface area contributed by atoms with Gasteiger partial charge in [0, 0.05) is 31.1 Å². The first-order valence-corrected chi connectivity index (χ1v) is 7.44. The molecule has 0 radical (unpaired) electrons. The number of anilines is 1. The number of piperidine rings is 1. The average Bonchev–Trinajstić information content (AvgIpc) is 2.84. The Balaban J connectivity index is 2.33. The zero-order valence-electron chi connectivity index (χ0n) is 12.0. The van der Waals surface area contributed by atoms with Crippen LogP contribution in [0, 0.1) is 10.1 Å². The zero-order valence-corrected chi connectivity index (χ0v) is 12.8. The van der Waals surface area contributed by atoms with Crippen LogP contribution in [0.2, 0.25) is 0 Å². The number of nitro groups is 1. The van der Waals surface area contributed by atoms with Crippen molar-refractivity contribution in [2.24, 2.45) is 0 Å². The number of hydrogen-bond donors (Lipinski definition) is 1. The topological polar surface area (TPSA) is 75.8 Å². The summed E-state index contributed by atoms with van der Waals surface area (Å²) in [5.41, 5.74) is -0.201. The summed E-state index contributed by atoms with van der Waals surface area (Å²) in [5, 5.41) is 21.5. The largest absolute Gasteiger partial charge is 0.388 e. The lowest BCUT2D eigenvalue weighted by molar-refractivity contribution is -0.383. The van der Waals surface area contributed by atoms with Crippen LogP contribution >= 0.6 is 11.3 Å². The van der Waals surface area contributed by atoms with Crippen molar-refractivity contribution < 1.29 is 14.8 Å². The SMILES string of the molecule is COC1(C)CCCN(c2sc(C(C)O)cc2[N+](=O)[O-])C1. The van der Waals surface area contributed by atoms with Crippen LogP contribution in [0.4, 0.5) is 10.7 Å². The smallest absolute Gasteiger partial charge is 0.304 e. The number of rotatable bonds is 4. The van der Waals surface area contributed by atoms with Gasteiger partial charge >= 0.3 is 5.69 Å². The number of aliphatic hydroxyl groups excluding tert-OH is 1. The number of ether oxygens (including phenoxy) is 1. The van der Waals surface area contributed by atoms with E-state index in [1.807, 2.05) is 11.8 Å². The summed E-state index contributed by atoms with van der Waals surface area (Å²) in [6, 6.07) is 1.48. The fraction of sp³-hybridized carbons (Fsp3) is 0.692. The number of methoxy groups -OCH3 is 1. The molecule has 1 aliphatic heterocycles. The third-order valence-electron chi connectivity index (χ3n) is 3.76. The fourth-order valence-electron chi connectivity index (χ4n) is 2.50. The summed E-state index contributed by atoms with van der Waals surface area (Å²) in [7, 11) is 1.67. The first-order valence-electron chi connectivity index (χ1n) is 6.62. The third-order valence-corrected chi connectivity index (χ3v) is 5.12. The molecule has 1 aromatic heterocycles. The number of nitrogens with zero attached hydrogens (tertiary/aromatic N) is 2. The van der Waals surface area contributed by atoms with E-state index in [1.54, 1.807) is 14.0 Å². The predicted molar refractivity (Wildman–Crippen MR) is 78.5 cm³/mol. The normalized spacial score (nSPS) is 24.7. The molecule has 6 nitrogen and oxygen atoms in total. The van der Waals surface area contributed by atoms with E-state index in [0.29, 0.717) is 16.4 Å². The van der Waals surface area contributed by atoms with Crippen LogP contribution in [-0.4, -0.2) is 35.8 Å². The van der Waals surface area contributed by atoms with Gasteiger partial charge in [0.25, 0.3) is 0 Å². The van der Waals surface area contributed by atoms with Crippen LogP contribution in [0.25, 0.3) is 0 Å². The summed E-state index contributed by atoms with van der Waals surface area (Å²) in [6.45, 7) is 5.05. The molecular formula is C13H20N2O4S. The van der Waals surface area contributed by atoms with Crippen molar-refractivity contribution in [3.63, 3.8) is 0 Å². The molecule has 0 saturated carbocycles. The Bertz CT molecular complexity index is 503. The van der Waals surface area contributed by atoms with Gasteiger partial charge < -0.3 is 14.7 Å². The van der Waals surface area contributed by atoms with Crippen LogP contribution in [0.3, 0.4) is 0 Å². The van der Waals surface area contributed by atoms with Crippen molar-refractivity contribution in [2.75, 3.05) is 25.1 Å². The number of aliphatic hydroxyl groups is 1. The van der Waals surface area contributed by atoms with E-state index in [4.69, 9.17) is 4.74 Å². The molecule has 2 unspecified atom stereocenters. The number of thiophene rings is 1. The highest BCUT2D eigenvalue weighted by Crippen LogP contribution is 2.42. The molecule has 2 heterocycles. The minimum atomic E-state index is -0.689. The van der Waals surface area contributed by atoms with Crippen LogP contribution < -0.4 is 4.90 Å². The fourth-order valence-corrected chi connectivity index (χ4v) is 3.59. The molecule has 112 valence electrons. The second-order valence-corrected chi connectivity index (χ2v) is 6.51. The Kier molecular flexibility index (Phi) is 4.31. The number of hydrogen-bond acceptors (Lipinski definition) is 6. The van der Waals surface area contributed by atoms with Gasteiger partial charge in [0.05, 0.1) is 16.6 Å². The van der Waals surface area contributed by atoms with Crippen molar-refractivity contribution in [1.82, 2.24) is 0 Å². The zero-order chi connectivity index (χ0) is 14.9. The second kappa shape index (κ2) is 5.67.